The molecule has 2 aromatic rings. The molecule has 1 aromatic carbocycles. The average Bonchev–Trinajstić information content (AvgIpc) is 2.70. The Morgan fingerprint density at radius 1 is 1.32 bits per heavy atom. The number of halogens is 1. The van der Waals surface area contributed by atoms with Gasteiger partial charge in [0.15, 0.2) is 0 Å². The fourth-order valence-electron chi connectivity index (χ4n) is 2.14. The van der Waals surface area contributed by atoms with Crippen LogP contribution in [0, 0.1) is 13.8 Å². The molecule has 1 unspecified atom stereocenters. The van der Waals surface area contributed by atoms with Gasteiger partial charge in [-0.1, -0.05) is 12.1 Å². The molecule has 0 bridgehead atoms. The first-order valence-corrected chi connectivity index (χ1v) is 7.89. The summed E-state index contributed by atoms with van der Waals surface area (Å²) >= 11 is 5.39. The molecule has 2 rings (SSSR count). The van der Waals surface area contributed by atoms with E-state index in [9.17, 15) is 0 Å². The van der Waals surface area contributed by atoms with Crippen molar-refractivity contribution in [2.45, 2.75) is 19.9 Å². The van der Waals surface area contributed by atoms with Crippen LogP contribution in [0.3, 0.4) is 0 Å². The second-order valence-corrected chi connectivity index (χ2v) is 6.90. The normalized spacial score (nSPS) is 12.5. The van der Waals surface area contributed by atoms with Crippen molar-refractivity contribution in [1.82, 2.24) is 0 Å². The maximum Gasteiger partial charge on any atom is 0.0754 e. The third-order valence-corrected chi connectivity index (χ3v) is 5.54. The lowest BCUT2D eigenvalue weighted by atomic mass is 10.1. The van der Waals surface area contributed by atoms with Crippen molar-refractivity contribution < 1.29 is 0 Å². The van der Waals surface area contributed by atoms with Gasteiger partial charge in [0, 0.05) is 33.5 Å². The molecule has 0 amide bonds. The largest absolute Gasteiger partial charge is 0.365 e. The number of nitrogens with zero attached hydrogens (tertiary/aromatic N) is 1. The molecular formula is C15H19BrN2S. The summed E-state index contributed by atoms with van der Waals surface area (Å²) in [5.74, 6) is 0. The number of benzene rings is 1. The summed E-state index contributed by atoms with van der Waals surface area (Å²) < 4.78 is 1.17. The van der Waals surface area contributed by atoms with E-state index >= 15 is 0 Å². The second-order valence-electron chi connectivity index (χ2n) is 4.75. The number of thiophene rings is 1. The van der Waals surface area contributed by atoms with E-state index in [-0.39, 0.29) is 6.04 Å². The zero-order valence-corrected chi connectivity index (χ0v) is 13.9. The number of hydrogen-bond donors (Lipinski definition) is 1. The van der Waals surface area contributed by atoms with E-state index in [2.05, 4.69) is 72.1 Å². The Hall–Kier alpha value is -0.840. The zero-order valence-electron chi connectivity index (χ0n) is 11.5. The van der Waals surface area contributed by atoms with E-state index in [0.29, 0.717) is 6.54 Å². The van der Waals surface area contributed by atoms with Gasteiger partial charge < -0.3 is 10.6 Å². The van der Waals surface area contributed by atoms with Crippen molar-refractivity contribution in [3.63, 3.8) is 0 Å². The molecule has 102 valence electrons. The Morgan fingerprint density at radius 3 is 2.58 bits per heavy atom. The van der Waals surface area contributed by atoms with E-state index in [4.69, 9.17) is 5.73 Å². The fourth-order valence-corrected chi connectivity index (χ4v) is 3.86. The summed E-state index contributed by atoms with van der Waals surface area (Å²) in [6.45, 7) is 4.84. The second kappa shape index (κ2) is 6.07. The first kappa shape index (κ1) is 14.6. The summed E-state index contributed by atoms with van der Waals surface area (Å²) in [5.41, 5.74) is 8.46. The monoisotopic (exact) mass is 338 g/mol. The summed E-state index contributed by atoms with van der Waals surface area (Å²) in [7, 11) is 2.11. The summed E-state index contributed by atoms with van der Waals surface area (Å²) in [6.07, 6.45) is 0. The van der Waals surface area contributed by atoms with Gasteiger partial charge in [0.25, 0.3) is 0 Å². The van der Waals surface area contributed by atoms with Crippen molar-refractivity contribution in [1.29, 1.82) is 0 Å². The average molecular weight is 339 g/mol. The summed E-state index contributed by atoms with van der Waals surface area (Å²) in [4.78, 5) is 4.85. The molecule has 0 saturated heterocycles. The van der Waals surface area contributed by atoms with Gasteiger partial charge in [-0.05, 0) is 53.5 Å². The van der Waals surface area contributed by atoms with Crippen LogP contribution in [-0.4, -0.2) is 13.6 Å². The molecule has 1 heterocycles. The molecular weight excluding hydrogens is 320 g/mol. The SMILES string of the molecule is Cc1cccc(N(C)C(CN)c2cc(Br)c(C)s2)c1. The smallest absolute Gasteiger partial charge is 0.0754 e. The lowest BCUT2D eigenvalue weighted by molar-refractivity contribution is 0.692. The van der Waals surface area contributed by atoms with Gasteiger partial charge in [-0.25, -0.2) is 0 Å². The van der Waals surface area contributed by atoms with Crippen LogP contribution in [0.1, 0.15) is 21.4 Å². The molecule has 19 heavy (non-hydrogen) atoms. The summed E-state index contributed by atoms with van der Waals surface area (Å²) in [6, 6.07) is 10.9. The van der Waals surface area contributed by atoms with Crippen molar-refractivity contribution in [2.75, 3.05) is 18.5 Å². The van der Waals surface area contributed by atoms with Crippen LogP contribution in [0.25, 0.3) is 0 Å². The van der Waals surface area contributed by atoms with Gasteiger partial charge >= 0.3 is 0 Å². The highest BCUT2D eigenvalue weighted by molar-refractivity contribution is 9.10. The Bertz CT molecular complexity index is 546. The van der Waals surface area contributed by atoms with E-state index in [1.807, 2.05) is 0 Å². The molecule has 1 atom stereocenters. The van der Waals surface area contributed by atoms with Crippen LogP contribution >= 0.6 is 27.3 Å². The van der Waals surface area contributed by atoms with Gasteiger partial charge in [0.2, 0.25) is 0 Å². The fraction of sp³-hybridized carbons (Fsp3) is 0.333. The van der Waals surface area contributed by atoms with Crippen LogP contribution in [0.4, 0.5) is 5.69 Å². The van der Waals surface area contributed by atoms with Crippen molar-refractivity contribution in [2.24, 2.45) is 5.73 Å². The van der Waals surface area contributed by atoms with Crippen molar-refractivity contribution >= 4 is 33.0 Å². The van der Waals surface area contributed by atoms with Crippen LogP contribution < -0.4 is 10.6 Å². The minimum Gasteiger partial charge on any atom is -0.365 e. The van der Waals surface area contributed by atoms with Gasteiger partial charge in [0.05, 0.1) is 6.04 Å². The lowest BCUT2D eigenvalue weighted by Gasteiger charge is -2.28. The van der Waals surface area contributed by atoms with Crippen LogP contribution in [0.2, 0.25) is 0 Å². The van der Waals surface area contributed by atoms with E-state index in [1.165, 1.54) is 25.5 Å². The molecule has 2 nitrogen and oxygen atoms in total. The van der Waals surface area contributed by atoms with E-state index in [0.717, 1.165) is 0 Å². The van der Waals surface area contributed by atoms with Crippen molar-refractivity contribution in [3.05, 3.63) is 50.1 Å². The molecule has 0 radical (unpaired) electrons. The van der Waals surface area contributed by atoms with E-state index in [1.54, 1.807) is 11.3 Å². The first-order chi connectivity index (χ1) is 9.02. The van der Waals surface area contributed by atoms with Gasteiger partial charge in [-0.2, -0.15) is 0 Å². The maximum absolute atomic E-state index is 5.99. The highest BCUT2D eigenvalue weighted by Crippen LogP contribution is 2.34. The van der Waals surface area contributed by atoms with Crippen LogP contribution in [0.5, 0.6) is 0 Å². The van der Waals surface area contributed by atoms with Gasteiger partial charge in [-0.3, -0.25) is 0 Å². The molecule has 0 aliphatic carbocycles. The molecule has 4 heteroatoms. The minimum absolute atomic E-state index is 0.219. The predicted octanol–water partition coefficient (Wildman–Crippen LogP) is 4.26. The van der Waals surface area contributed by atoms with E-state index < -0.39 is 0 Å². The molecule has 0 aliphatic heterocycles. The van der Waals surface area contributed by atoms with Gasteiger partial charge in [-0.15, -0.1) is 11.3 Å². The third kappa shape index (κ3) is 3.19. The van der Waals surface area contributed by atoms with Crippen LogP contribution in [0.15, 0.2) is 34.8 Å². The predicted molar refractivity (Wildman–Crippen MR) is 88.1 cm³/mol. The summed E-state index contributed by atoms with van der Waals surface area (Å²) in [5, 5.41) is 0. The lowest BCUT2D eigenvalue weighted by Crippen LogP contribution is -2.29. The number of likely N-dealkylation sites (N-methyl/N-ethyl adjacent to an activating group) is 1. The Morgan fingerprint density at radius 2 is 2.05 bits per heavy atom. The Kier molecular flexibility index (Phi) is 4.66. The molecule has 0 spiro atoms. The highest BCUT2D eigenvalue weighted by atomic mass is 79.9. The maximum atomic E-state index is 5.99. The number of rotatable bonds is 4. The van der Waals surface area contributed by atoms with Crippen molar-refractivity contribution in [3.8, 4) is 0 Å². The minimum atomic E-state index is 0.219. The number of nitrogens with two attached hydrogens (primary N) is 1. The highest BCUT2D eigenvalue weighted by Gasteiger charge is 2.19. The first-order valence-electron chi connectivity index (χ1n) is 6.28. The molecule has 0 fully saturated rings. The quantitative estimate of drug-likeness (QED) is 0.902. The van der Waals surface area contributed by atoms with Crippen LogP contribution in [-0.2, 0) is 0 Å². The zero-order chi connectivity index (χ0) is 14.0. The van der Waals surface area contributed by atoms with Gasteiger partial charge in [0.1, 0.15) is 0 Å². The molecule has 0 saturated carbocycles. The number of aryl methyl sites for hydroxylation is 2. The third-order valence-electron chi connectivity index (χ3n) is 3.30. The Balaban J connectivity index is 2.31. The molecule has 2 N–H and O–H groups in total. The topological polar surface area (TPSA) is 29.3 Å². The number of hydrogen-bond acceptors (Lipinski definition) is 3. The molecule has 1 aromatic heterocycles. The number of anilines is 1. The Labute approximate surface area is 127 Å². The molecule has 0 aliphatic rings. The standard InChI is InChI=1S/C15H19BrN2S/c1-10-5-4-6-12(7-10)18(3)14(9-17)15-8-13(16)11(2)19-15/h4-8,14H,9,17H2,1-3H3.